The monoisotopic (exact) mass is 352 g/mol. The van der Waals surface area contributed by atoms with E-state index in [1.165, 1.54) is 12.1 Å². The van der Waals surface area contributed by atoms with Gasteiger partial charge in [-0.25, -0.2) is 13.1 Å². The summed E-state index contributed by atoms with van der Waals surface area (Å²) < 4.78 is 32.6. The molecule has 1 aliphatic heterocycles. The lowest BCUT2D eigenvalue weighted by Gasteiger charge is -2.22. The second kappa shape index (κ2) is 7.26. The van der Waals surface area contributed by atoms with Gasteiger partial charge in [-0.3, -0.25) is 0 Å². The fraction of sp³-hybridized carbons (Fsp3) is 0.538. The molecule has 21 heavy (non-hydrogen) atoms. The first kappa shape index (κ1) is 17.0. The van der Waals surface area contributed by atoms with E-state index in [4.69, 9.17) is 33.7 Å². The first-order chi connectivity index (χ1) is 9.94. The number of ether oxygens (including phenoxy) is 1. The largest absolute Gasteiger partial charge is 0.381 e. The first-order valence-electron chi connectivity index (χ1n) is 6.69. The van der Waals surface area contributed by atoms with E-state index in [1.807, 2.05) is 0 Å². The van der Waals surface area contributed by atoms with Gasteiger partial charge in [0.25, 0.3) is 0 Å². The van der Waals surface area contributed by atoms with Gasteiger partial charge in [0.2, 0.25) is 10.0 Å². The lowest BCUT2D eigenvalue weighted by molar-refractivity contribution is 0.0568. The fourth-order valence-electron chi connectivity index (χ4n) is 2.21. The Kier molecular flexibility index (Phi) is 5.88. The average molecular weight is 353 g/mol. The van der Waals surface area contributed by atoms with E-state index < -0.39 is 10.0 Å². The molecule has 0 bridgehead atoms. The van der Waals surface area contributed by atoms with Crippen LogP contribution in [0.4, 0.5) is 0 Å². The van der Waals surface area contributed by atoms with Crippen LogP contribution in [0.2, 0.25) is 10.0 Å². The molecule has 1 heterocycles. The van der Waals surface area contributed by atoms with Gasteiger partial charge in [-0.15, -0.1) is 0 Å². The van der Waals surface area contributed by atoms with Crippen LogP contribution >= 0.6 is 23.2 Å². The van der Waals surface area contributed by atoms with E-state index in [2.05, 4.69) is 4.72 Å². The molecule has 1 fully saturated rings. The van der Waals surface area contributed by atoms with Crippen LogP contribution in [0.25, 0.3) is 0 Å². The molecule has 1 aromatic carbocycles. The molecule has 2 rings (SSSR count). The normalized spacial score (nSPS) is 19.7. The quantitative estimate of drug-likeness (QED) is 0.850. The van der Waals surface area contributed by atoms with E-state index >= 15 is 0 Å². The van der Waals surface area contributed by atoms with Gasteiger partial charge in [-0.2, -0.15) is 0 Å². The lowest BCUT2D eigenvalue weighted by Crippen LogP contribution is -2.33. The molecule has 1 atom stereocenters. The predicted molar refractivity (Wildman–Crippen MR) is 83.1 cm³/mol. The standard InChI is InChI=1S/C13H18Cl2N2O3S/c14-11-5-12(15)13(4-10(11)6-16)21(18,19)17-7-9-2-1-3-20-8-9/h4-5,9,17H,1-3,6-8,16H2. The molecule has 1 unspecified atom stereocenters. The van der Waals surface area contributed by atoms with Gasteiger partial charge in [0.15, 0.2) is 0 Å². The number of hydrogen-bond acceptors (Lipinski definition) is 4. The summed E-state index contributed by atoms with van der Waals surface area (Å²) in [6.07, 6.45) is 1.90. The van der Waals surface area contributed by atoms with Crippen molar-refractivity contribution >= 4 is 33.2 Å². The van der Waals surface area contributed by atoms with Crippen LogP contribution in [-0.4, -0.2) is 28.2 Å². The Morgan fingerprint density at radius 2 is 2.10 bits per heavy atom. The minimum atomic E-state index is -3.69. The summed E-state index contributed by atoms with van der Waals surface area (Å²) in [5.74, 6) is 0.188. The highest BCUT2D eigenvalue weighted by molar-refractivity contribution is 7.89. The Hall–Kier alpha value is -0.370. The molecule has 0 saturated carbocycles. The van der Waals surface area contributed by atoms with E-state index in [-0.39, 0.29) is 22.4 Å². The summed E-state index contributed by atoms with van der Waals surface area (Å²) in [6, 6.07) is 2.83. The van der Waals surface area contributed by atoms with Crippen LogP contribution in [0.1, 0.15) is 18.4 Å². The Bertz CT molecular complexity index is 602. The third kappa shape index (κ3) is 4.31. The van der Waals surface area contributed by atoms with Crippen molar-refractivity contribution in [2.45, 2.75) is 24.3 Å². The van der Waals surface area contributed by atoms with Crippen LogP contribution in [0.15, 0.2) is 17.0 Å². The number of rotatable bonds is 5. The Morgan fingerprint density at radius 1 is 1.33 bits per heavy atom. The molecule has 118 valence electrons. The van der Waals surface area contributed by atoms with E-state index in [1.54, 1.807) is 0 Å². The van der Waals surface area contributed by atoms with Crippen molar-refractivity contribution in [2.75, 3.05) is 19.8 Å². The summed E-state index contributed by atoms with van der Waals surface area (Å²) in [7, 11) is -3.69. The van der Waals surface area contributed by atoms with Crippen LogP contribution in [0.3, 0.4) is 0 Å². The van der Waals surface area contributed by atoms with Crippen LogP contribution < -0.4 is 10.5 Å². The number of nitrogens with one attached hydrogen (secondary N) is 1. The zero-order chi connectivity index (χ0) is 15.5. The van der Waals surface area contributed by atoms with Gasteiger partial charge in [0, 0.05) is 24.7 Å². The van der Waals surface area contributed by atoms with Gasteiger partial charge in [0.05, 0.1) is 11.6 Å². The van der Waals surface area contributed by atoms with Gasteiger partial charge in [-0.05, 0) is 36.5 Å². The van der Waals surface area contributed by atoms with Gasteiger partial charge in [0.1, 0.15) is 4.90 Å². The van der Waals surface area contributed by atoms with Crippen LogP contribution in [0, 0.1) is 5.92 Å². The summed E-state index contributed by atoms with van der Waals surface area (Å²) in [5, 5.41) is 0.451. The van der Waals surface area contributed by atoms with E-state index in [0.717, 1.165) is 19.4 Å². The van der Waals surface area contributed by atoms with Crippen molar-refractivity contribution in [1.29, 1.82) is 0 Å². The predicted octanol–water partition coefficient (Wildman–Crippen LogP) is 2.16. The van der Waals surface area contributed by atoms with Crippen molar-refractivity contribution in [3.8, 4) is 0 Å². The third-order valence-electron chi connectivity index (χ3n) is 3.43. The number of nitrogens with two attached hydrogens (primary N) is 1. The number of halogens is 2. The first-order valence-corrected chi connectivity index (χ1v) is 8.93. The zero-order valence-corrected chi connectivity index (χ0v) is 13.8. The molecule has 1 aromatic rings. The molecule has 8 heteroatoms. The maximum absolute atomic E-state index is 12.4. The minimum Gasteiger partial charge on any atom is -0.381 e. The summed E-state index contributed by atoms with van der Waals surface area (Å²) >= 11 is 11.9. The molecule has 0 radical (unpaired) electrons. The molecular weight excluding hydrogens is 335 g/mol. The van der Waals surface area contributed by atoms with Crippen LogP contribution in [-0.2, 0) is 21.3 Å². The minimum absolute atomic E-state index is 0.00532. The summed E-state index contributed by atoms with van der Waals surface area (Å²) in [6.45, 7) is 1.80. The van der Waals surface area contributed by atoms with Crippen LogP contribution in [0.5, 0.6) is 0 Å². The third-order valence-corrected chi connectivity index (χ3v) is 5.67. The smallest absolute Gasteiger partial charge is 0.242 e. The highest BCUT2D eigenvalue weighted by Crippen LogP contribution is 2.28. The maximum Gasteiger partial charge on any atom is 0.242 e. The van der Waals surface area contributed by atoms with E-state index in [9.17, 15) is 8.42 Å². The summed E-state index contributed by atoms with van der Waals surface area (Å²) in [5.41, 5.74) is 6.09. The van der Waals surface area contributed by atoms with Crippen molar-refractivity contribution in [3.63, 3.8) is 0 Å². The maximum atomic E-state index is 12.4. The molecule has 0 spiro atoms. The topological polar surface area (TPSA) is 81.4 Å². The van der Waals surface area contributed by atoms with Gasteiger partial charge in [-0.1, -0.05) is 23.2 Å². The van der Waals surface area contributed by atoms with Crippen molar-refractivity contribution in [3.05, 3.63) is 27.7 Å². The SMILES string of the molecule is NCc1cc(S(=O)(=O)NCC2CCCOC2)c(Cl)cc1Cl. The van der Waals surface area contributed by atoms with Crippen molar-refractivity contribution < 1.29 is 13.2 Å². The molecule has 0 aromatic heterocycles. The van der Waals surface area contributed by atoms with E-state index in [0.29, 0.717) is 23.7 Å². The van der Waals surface area contributed by atoms with Gasteiger partial charge >= 0.3 is 0 Å². The zero-order valence-electron chi connectivity index (χ0n) is 11.4. The molecule has 1 saturated heterocycles. The Labute approximate surface area is 134 Å². The molecule has 0 amide bonds. The number of sulfonamides is 1. The lowest BCUT2D eigenvalue weighted by atomic mass is 10.0. The second-order valence-corrected chi connectivity index (χ2v) is 7.56. The van der Waals surface area contributed by atoms with Crippen molar-refractivity contribution in [1.82, 2.24) is 4.72 Å². The molecule has 1 aliphatic rings. The molecule has 3 N–H and O–H groups in total. The Balaban J connectivity index is 2.15. The average Bonchev–Trinajstić information content (AvgIpc) is 2.46. The Morgan fingerprint density at radius 3 is 2.71 bits per heavy atom. The second-order valence-electron chi connectivity index (χ2n) is 5.01. The highest BCUT2D eigenvalue weighted by atomic mass is 35.5. The molecule has 0 aliphatic carbocycles. The number of benzene rings is 1. The highest BCUT2D eigenvalue weighted by Gasteiger charge is 2.22. The fourth-order valence-corrected chi connectivity index (χ4v) is 4.20. The molecular formula is C13H18Cl2N2O3S. The summed E-state index contributed by atoms with van der Waals surface area (Å²) in [4.78, 5) is 0.00532. The molecule has 5 nitrogen and oxygen atoms in total. The van der Waals surface area contributed by atoms with Gasteiger partial charge < -0.3 is 10.5 Å². The number of hydrogen-bond donors (Lipinski definition) is 2. The van der Waals surface area contributed by atoms with Crippen molar-refractivity contribution in [2.24, 2.45) is 11.7 Å².